The summed E-state index contributed by atoms with van der Waals surface area (Å²) in [5.74, 6) is 0. The maximum absolute atomic E-state index is 11.7. The van der Waals surface area contributed by atoms with Crippen molar-refractivity contribution in [1.82, 2.24) is 10.2 Å². The predicted octanol–water partition coefficient (Wildman–Crippen LogP) is 0.842. The molecule has 2 atom stereocenters. The van der Waals surface area contributed by atoms with Crippen molar-refractivity contribution in [2.75, 3.05) is 33.9 Å². The van der Waals surface area contributed by atoms with Crippen molar-refractivity contribution >= 4 is 6.03 Å². The average Bonchev–Trinajstić information content (AvgIpc) is 2.72. The fourth-order valence-corrected chi connectivity index (χ4v) is 1.85. The number of hydrogen-bond acceptors (Lipinski definition) is 3. The molecule has 94 valence electrons. The lowest BCUT2D eigenvalue weighted by molar-refractivity contribution is -0.00461. The number of amides is 2. The van der Waals surface area contributed by atoms with E-state index >= 15 is 0 Å². The average molecular weight is 230 g/mol. The number of rotatable bonds is 5. The van der Waals surface area contributed by atoms with Crippen LogP contribution in [-0.2, 0) is 9.47 Å². The third-order valence-electron chi connectivity index (χ3n) is 2.91. The zero-order valence-corrected chi connectivity index (χ0v) is 10.4. The quantitative estimate of drug-likeness (QED) is 0.712. The lowest BCUT2D eigenvalue weighted by Gasteiger charge is -2.16. The summed E-state index contributed by atoms with van der Waals surface area (Å²) >= 11 is 0. The zero-order chi connectivity index (χ0) is 12.0. The van der Waals surface area contributed by atoms with Crippen molar-refractivity contribution in [3.05, 3.63) is 0 Å². The second-order valence-corrected chi connectivity index (χ2v) is 4.04. The minimum absolute atomic E-state index is 0.0121. The molecule has 1 aliphatic heterocycles. The molecule has 5 nitrogen and oxygen atoms in total. The fraction of sp³-hybridized carbons (Fsp3) is 0.909. The van der Waals surface area contributed by atoms with Crippen molar-refractivity contribution in [3.63, 3.8) is 0 Å². The largest absolute Gasteiger partial charge is 0.377 e. The van der Waals surface area contributed by atoms with Gasteiger partial charge in [-0.25, -0.2) is 4.79 Å². The predicted molar refractivity (Wildman–Crippen MR) is 61.5 cm³/mol. The van der Waals surface area contributed by atoms with E-state index in [1.165, 1.54) is 0 Å². The van der Waals surface area contributed by atoms with E-state index in [-0.39, 0.29) is 18.2 Å². The van der Waals surface area contributed by atoms with Gasteiger partial charge in [0.25, 0.3) is 0 Å². The van der Waals surface area contributed by atoms with Crippen LogP contribution < -0.4 is 5.32 Å². The van der Waals surface area contributed by atoms with Gasteiger partial charge in [-0.1, -0.05) is 13.3 Å². The molecule has 1 saturated heterocycles. The number of hydrogen-bond donors (Lipinski definition) is 1. The number of methoxy groups -OCH3 is 2. The molecular weight excluding hydrogens is 208 g/mol. The minimum Gasteiger partial charge on any atom is -0.377 e. The van der Waals surface area contributed by atoms with Crippen LogP contribution in [-0.4, -0.2) is 57.0 Å². The van der Waals surface area contributed by atoms with E-state index in [1.807, 2.05) is 0 Å². The third-order valence-corrected chi connectivity index (χ3v) is 2.91. The Morgan fingerprint density at radius 1 is 1.31 bits per heavy atom. The molecule has 0 bridgehead atoms. The van der Waals surface area contributed by atoms with Gasteiger partial charge in [0.15, 0.2) is 0 Å². The van der Waals surface area contributed by atoms with Crippen LogP contribution in [0.4, 0.5) is 4.79 Å². The summed E-state index contributed by atoms with van der Waals surface area (Å²) in [6.45, 7) is 4.05. The highest BCUT2D eigenvalue weighted by atomic mass is 16.5. The number of urea groups is 1. The van der Waals surface area contributed by atoms with Crippen LogP contribution in [0.3, 0.4) is 0 Å². The van der Waals surface area contributed by atoms with Gasteiger partial charge in [0, 0.05) is 20.8 Å². The topological polar surface area (TPSA) is 50.8 Å². The number of carbonyl (C=O) groups excluding carboxylic acids is 1. The molecule has 5 heteroatoms. The Kier molecular flexibility index (Phi) is 5.55. The van der Waals surface area contributed by atoms with Crippen molar-refractivity contribution in [1.29, 1.82) is 0 Å². The third kappa shape index (κ3) is 3.35. The number of carbonyl (C=O) groups is 1. The summed E-state index contributed by atoms with van der Waals surface area (Å²) in [7, 11) is 3.30. The van der Waals surface area contributed by atoms with Gasteiger partial charge < -0.3 is 19.7 Å². The molecule has 0 saturated carbocycles. The van der Waals surface area contributed by atoms with Crippen LogP contribution >= 0.6 is 0 Å². The molecule has 1 N–H and O–H groups in total. The van der Waals surface area contributed by atoms with Crippen molar-refractivity contribution < 1.29 is 14.3 Å². The van der Waals surface area contributed by atoms with Gasteiger partial charge in [-0.15, -0.1) is 0 Å². The Balaban J connectivity index is 2.35. The molecule has 1 rings (SSSR count). The summed E-state index contributed by atoms with van der Waals surface area (Å²) in [4.78, 5) is 13.5. The number of ether oxygens (including phenoxy) is 2. The molecule has 2 unspecified atom stereocenters. The summed E-state index contributed by atoms with van der Waals surface area (Å²) < 4.78 is 10.5. The highest BCUT2D eigenvalue weighted by Crippen LogP contribution is 2.15. The van der Waals surface area contributed by atoms with Crippen molar-refractivity contribution in [2.24, 2.45) is 0 Å². The van der Waals surface area contributed by atoms with Crippen LogP contribution in [0.1, 0.15) is 19.8 Å². The highest BCUT2D eigenvalue weighted by Gasteiger charge is 2.35. The normalized spacial score (nSPS) is 24.8. The summed E-state index contributed by atoms with van der Waals surface area (Å²) in [5, 5.41) is 2.89. The molecule has 2 amide bonds. The van der Waals surface area contributed by atoms with Crippen molar-refractivity contribution in [2.45, 2.75) is 32.0 Å². The number of nitrogens with one attached hydrogen (secondary N) is 1. The van der Waals surface area contributed by atoms with Gasteiger partial charge in [-0.3, -0.25) is 0 Å². The molecular formula is C11H22N2O3. The van der Waals surface area contributed by atoms with Crippen LogP contribution in [0.15, 0.2) is 0 Å². The maximum Gasteiger partial charge on any atom is 0.317 e. The van der Waals surface area contributed by atoms with Crippen LogP contribution in [0, 0.1) is 0 Å². The van der Waals surface area contributed by atoms with E-state index in [9.17, 15) is 4.79 Å². The molecule has 0 aromatic rings. The molecule has 0 aliphatic carbocycles. The number of likely N-dealkylation sites (tertiary alicyclic amines) is 1. The lowest BCUT2D eigenvalue weighted by Crippen LogP contribution is -2.39. The first-order valence-electron chi connectivity index (χ1n) is 5.81. The molecule has 1 aliphatic rings. The Bertz CT molecular complexity index is 211. The maximum atomic E-state index is 11.7. The second-order valence-electron chi connectivity index (χ2n) is 4.04. The SMILES string of the molecule is CCCCNC(=O)N1CC(OC)C(OC)C1. The first-order valence-corrected chi connectivity index (χ1v) is 5.81. The number of unbranched alkanes of at least 4 members (excludes halogenated alkanes) is 1. The van der Waals surface area contributed by atoms with Gasteiger partial charge in [-0.05, 0) is 6.42 Å². The van der Waals surface area contributed by atoms with Gasteiger partial charge >= 0.3 is 6.03 Å². The van der Waals surface area contributed by atoms with Crippen LogP contribution in [0.25, 0.3) is 0 Å². The zero-order valence-electron chi connectivity index (χ0n) is 10.4. The Morgan fingerprint density at radius 2 is 1.88 bits per heavy atom. The second kappa shape index (κ2) is 6.70. The first-order chi connectivity index (χ1) is 7.72. The molecule has 0 aromatic carbocycles. The van der Waals surface area contributed by atoms with E-state index in [0.29, 0.717) is 13.1 Å². The standard InChI is InChI=1S/C11H22N2O3/c1-4-5-6-12-11(14)13-7-9(15-2)10(8-13)16-3/h9-10H,4-8H2,1-3H3,(H,12,14). The van der Waals surface area contributed by atoms with Gasteiger partial charge in [0.2, 0.25) is 0 Å². The summed E-state index contributed by atoms with van der Waals surface area (Å²) in [5.41, 5.74) is 0. The number of nitrogens with zero attached hydrogens (tertiary/aromatic N) is 1. The molecule has 1 fully saturated rings. The van der Waals surface area contributed by atoms with E-state index in [4.69, 9.17) is 9.47 Å². The van der Waals surface area contributed by atoms with Crippen LogP contribution in [0.5, 0.6) is 0 Å². The summed E-state index contributed by atoms with van der Waals surface area (Å²) in [6.07, 6.45) is 2.08. The van der Waals surface area contributed by atoms with Crippen molar-refractivity contribution in [3.8, 4) is 0 Å². The smallest absolute Gasteiger partial charge is 0.317 e. The minimum atomic E-state index is -0.0185. The Morgan fingerprint density at radius 3 is 2.31 bits per heavy atom. The molecule has 16 heavy (non-hydrogen) atoms. The molecule has 0 aromatic heterocycles. The van der Waals surface area contributed by atoms with Gasteiger partial charge in [0.1, 0.15) is 12.2 Å². The van der Waals surface area contributed by atoms with E-state index in [0.717, 1.165) is 19.4 Å². The first kappa shape index (κ1) is 13.3. The Labute approximate surface area is 97.1 Å². The molecule has 0 spiro atoms. The Hall–Kier alpha value is -0.810. The molecule has 0 radical (unpaired) electrons. The lowest BCUT2D eigenvalue weighted by atomic mass is 10.3. The van der Waals surface area contributed by atoms with E-state index in [2.05, 4.69) is 12.2 Å². The molecule has 1 heterocycles. The summed E-state index contributed by atoms with van der Waals surface area (Å²) in [6, 6.07) is -0.0185. The fourth-order valence-electron chi connectivity index (χ4n) is 1.85. The van der Waals surface area contributed by atoms with E-state index < -0.39 is 0 Å². The van der Waals surface area contributed by atoms with Gasteiger partial charge in [0.05, 0.1) is 13.1 Å². The van der Waals surface area contributed by atoms with E-state index in [1.54, 1.807) is 19.1 Å². The highest BCUT2D eigenvalue weighted by molar-refractivity contribution is 5.74. The van der Waals surface area contributed by atoms with Crippen LogP contribution in [0.2, 0.25) is 0 Å². The van der Waals surface area contributed by atoms with Gasteiger partial charge in [-0.2, -0.15) is 0 Å². The monoisotopic (exact) mass is 230 g/mol.